The van der Waals surface area contributed by atoms with Crippen LogP contribution in [0.25, 0.3) is 5.65 Å². The largest absolute Gasteiger partial charge is 0.493 e. The van der Waals surface area contributed by atoms with Crippen molar-refractivity contribution in [2.75, 3.05) is 31.9 Å². The summed E-state index contributed by atoms with van der Waals surface area (Å²) in [5, 5.41) is 6.31. The minimum absolute atomic E-state index is 0.243. The Kier molecular flexibility index (Phi) is 15.1. The summed E-state index contributed by atoms with van der Waals surface area (Å²) in [6.07, 6.45) is 9.50. The lowest BCUT2D eigenvalue weighted by atomic mass is 10.2. The van der Waals surface area contributed by atoms with Gasteiger partial charge in [0.05, 0.1) is 26.4 Å². The van der Waals surface area contributed by atoms with E-state index in [9.17, 15) is 4.79 Å². The van der Waals surface area contributed by atoms with Crippen molar-refractivity contribution in [3.05, 3.63) is 119 Å². The van der Waals surface area contributed by atoms with Gasteiger partial charge in [0.25, 0.3) is 0 Å². The SMILES string of the molecule is NNc1cc(OCCCCCOCc2ccccc2)ccn1.O=c1[nH]nc2cc(OCCCCCOCc3ccccc3)ccn12. The van der Waals surface area contributed by atoms with Gasteiger partial charge in [-0.3, -0.25) is 4.40 Å². The number of nitrogens with one attached hydrogen (secondary N) is 2. The fourth-order valence-electron chi connectivity index (χ4n) is 4.43. The Morgan fingerprint density at radius 3 is 1.85 bits per heavy atom. The van der Waals surface area contributed by atoms with Gasteiger partial charge in [0.1, 0.15) is 17.3 Å². The van der Waals surface area contributed by atoms with Gasteiger partial charge in [-0.2, -0.15) is 5.10 Å². The van der Waals surface area contributed by atoms with E-state index in [1.807, 2.05) is 42.5 Å². The zero-order valence-electron chi connectivity index (χ0n) is 26.2. The average molecular weight is 629 g/mol. The number of aromatic nitrogens is 4. The number of nitrogen functional groups attached to an aromatic ring is 1. The highest BCUT2D eigenvalue weighted by atomic mass is 16.5. The summed E-state index contributed by atoms with van der Waals surface area (Å²) < 4.78 is 24.1. The van der Waals surface area contributed by atoms with Crippen LogP contribution in [0.4, 0.5) is 5.82 Å². The van der Waals surface area contributed by atoms with E-state index in [1.165, 1.54) is 15.5 Å². The highest BCUT2D eigenvalue weighted by molar-refractivity contribution is 5.42. The van der Waals surface area contributed by atoms with Crippen LogP contribution in [0.15, 0.2) is 102 Å². The molecule has 3 heterocycles. The number of ether oxygens (including phenoxy) is 4. The second kappa shape index (κ2) is 20.3. The van der Waals surface area contributed by atoms with Gasteiger partial charge < -0.3 is 24.4 Å². The van der Waals surface area contributed by atoms with E-state index in [4.69, 9.17) is 24.8 Å². The number of unbranched alkanes of at least 4 members (excludes halogenated alkanes) is 4. The molecule has 244 valence electrons. The van der Waals surface area contributed by atoms with E-state index in [1.54, 1.807) is 30.6 Å². The number of hydrogen-bond donors (Lipinski definition) is 3. The van der Waals surface area contributed by atoms with Gasteiger partial charge in [-0.05, 0) is 61.8 Å². The van der Waals surface area contributed by atoms with Crippen molar-refractivity contribution in [2.45, 2.75) is 51.7 Å². The molecule has 5 rings (SSSR count). The molecule has 0 amide bonds. The number of benzene rings is 2. The van der Waals surface area contributed by atoms with Crippen LogP contribution in [0.2, 0.25) is 0 Å². The fraction of sp³-hybridized carbons (Fsp3) is 0.343. The zero-order chi connectivity index (χ0) is 32.1. The van der Waals surface area contributed by atoms with Crippen molar-refractivity contribution in [2.24, 2.45) is 5.84 Å². The molecule has 0 saturated heterocycles. The van der Waals surface area contributed by atoms with E-state index in [2.05, 4.69) is 44.9 Å². The van der Waals surface area contributed by atoms with Gasteiger partial charge in [-0.25, -0.2) is 20.7 Å². The van der Waals surface area contributed by atoms with Gasteiger partial charge in [0, 0.05) is 37.7 Å². The maximum Gasteiger partial charge on any atom is 0.347 e. The Hall–Kier alpha value is -4.71. The molecule has 46 heavy (non-hydrogen) atoms. The first-order chi connectivity index (χ1) is 22.7. The normalized spacial score (nSPS) is 10.7. The van der Waals surface area contributed by atoms with Crippen molar-refractivity contribution in [1.29, 1.82) is 0 Å². The number of H-pyrrole nitrogens is 1. The molecular weight excluding hydrogens is 584 g/mol. The summed E-state index contributed by atoms with van der Waals surface area (Å²) in [5.41, 5.74) is 5.23. The second-order valence-corrected chi connectivity index (χ2v) is 10.5. The molecule has 3 aromatic heterocycles. The first kappa shape index (κ1) is 34.2. The van der Waals surface area contributed by atoms with Crippen LogP contribution in [-0.4, -0.2) is 46.0 Å². The molecule has 0 unspecified atom stereocenters. The van der Waals surface area contributed by atoms with Crippen molar-refractivity contribution in [1.82, 2.24) is 19.6 Å². The molecule has 5 aromatic rings. The average Bonchev–Trinajstić information content (AvgIpc) is 3.48. The van der Waals surface area contributed by atoms with Crippen LogP contribution in [0, 0.1) is 0 Å². The number of aromatic amines is 1. The van der Waals surface area contributed by atoms with E-state index >= 15 is 0 Å². The number of fused-ring (bicyclic) bond motifs is 1. The molecule has 0 atom stereocenters. The highest BCUT2D eigenvalue weighted by Gasteiger charge is 2.02. The monoisotopic (exact) mass is 628 g/mol. The highest BCUT2D eigenvalue weighted by Crippen LogP contribution is 2.14. The second-order valence-electron chi connectivity index (χ2n) is 10.5. The Balaban J connectivity index is 0.000000210. The lowest BCUT2D eigenvalue weighted by Gasteiger charge is -2.07. The third-order valence-corrected chi connectivity index (χ3v) is 6.90. The topological polar surface area (TPSA) is 138 Å². The molecule has 11 nitrogen and oxygen atoms in total. The minimum atomic E-state index is -0.243. The number of anilines is 1. The Labute approximate surface area is 269 Å². The predicted molar refractivity (Wildman–Crippen MR) is 179 cm³/mol. The lowest BCUT2D eigenvalue weighted by molar-refractivity contribution is 0.115. The van der Waals surface area contributed by atoms with E-state index in [-0.39, 0.29) is 5.69 Å². The first-order valence-corrected chi connectivity index (χ1v) is 15.7. The quantitative estimate of drug-likeness (QED) is 0.0578. The van der Waals surface area contributed by atoms with Gasteiger partial charge in [0.15, 0.2) is 5.65 Å². The molecule has 0 saturated carbocycles. The van der Waals surface area contributed by atoms with Crippen LogP contribution in [0.1, 0.15) is 49.7 Å². The minimum Gasteiger partial charge on any atom is -0.493 e. The summed E-state index contributed by atoms with van der Waals surface area (Å²) in [5.74, 6) is 7.41. The van der Waals surface area contributed by atoms with E-state index in [0.29, 0.717) is 37.9 Å². The number of hydrazine groups is 1. The summed E-state index contributed by atoms with van der Waals surface area (Å²) in [4.78, 5) is 15.4. The standard InChI is InChI=1S/C18H21N3O3.C17H23N3O2/c22-18-20-19-17-13-16(9-10-21(17)18)24-12-6-2-5-11-23-14-15-7-3-1-4-8-15;18-20-17-13-16(9-10-19-17)22-12-6-2-5-11-21-14-15-7-3-1-4-8-15/h1,3-4,7-10,13H,2,5-6,11-12,14H2,(H,20,22);1,3-4,7-10,13H,2,5-6,11-12,14,18H2,(H,19,20). The Morgan fingerprint density at radius 2 is 1.26 bits per heavy atom. The number of nitrogens with two attached hydrogens (primary N) is 1. The molecule has 0 fully saturated rings. The van der Waals surface area contributed by atoms with Gasteiger partial charge in [-0.1, -0.05) is 60.7 Å². The zero-order valence-corrected chi connectivity index (χ0v) is 26.2. The van der Waals surface area contributed by atoms with Crippen molar-refractivity contribution in [3.8, 4) is 11.5 Å². The molecule has 0 spiro atoms. The predicted octanol–water partition coefficient (Wildman–Crippen LogP) is 5.92. The molecule has 0 aliphatic rings. The molecule has 0 aliphatic carbocycles. The van der Waals surface area contributed by atoms with Crippen molar-refractivity contribution >= 4 is 11.5 Å². The smallest absolute Gasteiger partial charge is 0.347 e. The summed E-state index contributed by atoms with van der Waals surface area (Å²) in [6.45, 7) is 4.22. The number of nitrogens with zero attached hydrogens (tertiary/aromatic N) is 3. The van der Waals surface area contributed by atoms with Crippen molar-refractivity contribution < 1.29 is 18.9 Å². The fourth-order valence-corrected chi connectivity index (χ4v) is 4.43. The van der Waals surface area contributed by atoms with Crippen LogP contribution >= 0.6 is 0 Å². The summed E-state index contributed by atoms with van der Waals surface area (Å²) >= 11 is 0. The maximum absolute atomic E-state index is 11.4. The molecular formula is C35H44N6O5. The molecule has 0 bridgehead atoms. The Bertz CT molecular complexity index is 1580. The number of hydrogen-bond acceptors (Lipinski definition) is 9. The molecule has 2 aromatic carbocycles. The van der Waals surface area contributed by atoms with Gasteiger partial charge >= 0.3 is 5.69 Å². The van der Waals surface area contributed by atoms with E-state index < -0.39 is 0 Å². The number of rotatable bonds is 19. The summed E-state index contributed by atoms with van der Waals surface area (Å²) in [7, 11) is 0. The molecule has 0 radical (unpaired) electrons. The third kappa shape index (κ3) is 12.7. The van der Waals surface area contributed by atoms with Crippen LogP contribution in [0.3, 0.4) is 0 Å². The van der Waals surface area contributed by atoms with Crippen molar-refractivity contribution in [3.63, 3.8) is 0 Å². The first-order valence-electron chi connectivity index (χ1n) is 15.7. The van der Waals surface area contributed by atoms with Crippen LogP contribution in [0.5, 0.6) is 11.5 Å². The maximum atomic E-state index is 11.4. The molecule has 4 N–H and O–H groups in total. The summed E-state index contributed by atoms with van der Waals surface area (Å²) in [6, 6.07) is 27.5. The van der Waals surface area contributed by atoms with Gasteiger partial charge in [-0.15, -0.1) is 0 Å². The molecule has 11 heteroatoms. The van der Waals surface area contributed by atoms with Gasteiger partial charge in [0.2, 0.25) is 0 Å². The number of pyridine rings is 2. The molecule has 0 aliphatic heterocycles. The third-order valence-electron chi connectivity index (χ3n) is 6.90. The van der Waals surface area contributed by atoms with Crippen LogP contribution in [-0.2, 0) is 22.7 Å². The van der Waals surface area contributed by atoms with E-state index in [0.717, 1.165) is 63.2 Å². The lowest BCUT2D eigenvalue weighted by Crippen LogP contribution is -2.08. The van der Waals surface area contributed by atoms with Crippen LogP contribution < -0.4 is 26.4 Å². The Morgan fingerprint density at radius 1 is 0.696 bits per heavy atom.